The molecule has 2 heterocycles. The third-order valence-electron chi connectivity index (χ3n) is 4.84. The molecule has 31 heavy (non-hydrogen) atoms. The van der Waals surface area contributed by atoms with Crippen LogP contribution in [-0.2, 0) is 13.6 Å². The predicted octanol–water partition coefficient (Wildman–Crippen LogP) is 4.31. The second kappa shape index (κ2) is 8.83. The number of ether oxygens (including phenoxy) is 2. The maximum Gasteiger partial charge on any atom is 0.223 e. The van der Waals surface area contributed by atoms with Crippen molar-refractivity contribution in [3.63, 3.8) is 0 Å². The van der Waals surface area contributed by atoms with Crippen molar-refractivity contribution in [1.82, 2.24) is 19.5 Å². The SMILES string of the molecule is COc1cc(CNc2ncc(-c3ccc(F)cc3)c(-c3nccn3C)n2)cc(OC)c1. The minimum atomic E-state index is -0.296. The van der Waals surface area contributed by atoms with E-state index in [2.05, 4.69) is 15.3 Å². The van der Waals surface area contributed by atoms with Crippen LogP contribution in [0.1, 0.15) is 5.56 Å². The molecule has 8 heteroatoms. The molecule has 4 aromatic rings. The number of nitrogens with one attached hydrogen (secondary N) is 1. The number of aromatic nitrogens is 4. The van der Waals surface area contributed by atoms with Crippen molar-refractivity contribution in [3.8, 4) is 34.1 Å². The molecule has 0 radical (unpaired) electrons. The van der Waals surface area contributed by atoms with Crippen molar-refractivity contribution in [2.24, 2.45) is 7.05 Å². The second-order valence-electron chi connectivity index (χ2n) is 6.90. The molecule has 1 N–H and O–H groups in total. The van der Waals surface area contributed by atoms with Crippen molar-refractivity contribution in [1.29, 1.82) is 0 Å². The zero-order chi connectivity index (χ0) is 21.8. The molecule has 7 nitrogen and oxygen atoms in total. The predicted molar refractivity (Wildman–Crippen MR) is 117 cm³/mol. The summed E-state index contributed by atoms with van der Waals surface area (Å²) >= 11 is 0. The molecule has 0 amide bonds. The number of methoxy groups -OCH3 is 2. The molecule has 158 valence electrons. The Kier molecular flexibility index (Phi) is 5.79. The average molecular weight is 419 g/mol. The van der Waals surface area contributed by atoms with Crippen molar-refractivity contribution in [2.45, 2.75) is 6.54 Å². The fourth-order valence-electron chi connectivity index (χ4n) is 3.22. The zero-order valence-corrected chi connectivity index (χ0v) is 17.5. The van der Waals surface area contributed by atoms with Crippen LogP contribution in [0.25, 0.3) is 22.6 Å². The van der Waals surface area contributed by atoms with E-state index in [-0.39, 0.29) is 5.82 Å². The molecule has 0 fully saturated rings. The Balaban J connectivity index is 1.67. The lowest BCUT2D eigenvalue weighted by Gasteiger charge is -2.13. The van der Waals surface area contributed by atoms with Gasteiger partial charge in [-0.25, -0.2) is 19.3 Å². The van der Waals surface area contributed by atoms with Gasteiger partial charge < -0.3 is 19.4 Å². The van der Waals surface area contributed by atoms with Gasteiger partial charge in [0.25, 0.3) is 0 Å². The van der Waals surface area contributed by atoms with E-state index in [4.69, 9.17) is 14.5 Å². The molecule has 0 aliphatic carbocycles. The molecular weight excluding hydrogens is 397 g/mol. The molecule has 0 aliphatic heterocycles. The summed E-state index contributed by atoms with van der Waals surface area (Å²) < 4.78 is 25.9. The highest BCUT2D eigenvalue weighted by molar-refractivity contribution is 5.78. The van der Waals surface area contributed by atoms with Gasteiger partial charge in [0, 0.05) is 43.8 Å². The molecule has 4 rings (SSSR count). The summed E-state index contributed by atoms with van der Waals surface area (Å²) in [5, 5.41) is 3.24. The summed E-state index contributed by atoms with van der Waals surface area (Å²) in [6, 6.07) is 11.9. The molecule has 0 atom stereocenters. The van der Waals surface area contributed by atoms with E-state index in [1.54, 1.807) is 38.7 Å². The fraction of sp³-hybridized carbons (Fsp3) is 0.174. The summed E-state index contributed by atoms with van der Waals surface area (Å²) in [6.45, 7) is 0.476. The van der Waals surface area contributed by atoms with E-state index < -0.39 is 0 Å². The van der Waals surface area contributed by atoms with Gasteiger partial charge in [-0.15, -0.1) is 0 Å². The van der Waals surface area contributed by atoms with Crippen LogP contribution in [0.15, 0.2) is 61.1 Å². The first kappa shape index (κ1) is 20.3. The van der Waals surface area contributed by atoms with E-state index >= 15 is 0 Å². The smallest absolute Gasteiger partial charge is 0.223 e. The monoisotopic (exact) mass is 419 g/mol. The lowest BCUT2D eigenvalue weighted by Crippen LogP contribution is -2.07. The quantitative estimate of drug-likeness (QED) is 0.481. The molecule has 2 aromatic heterocycles. The van der Waals surface area contributed by atoms with E-state index in [0.29, 0.717) is 35.5 Å². The number of halogens is 1. The highest BCUT2D eigenvalue weighted by Crippen LogP contribution is 2.30. The Hall–Kier alpha value is -3.94. The van der Waals surface area contributed by atoms with Gasteiger partial charge in [0.15, 0.2) is 5.82 Å². The third-order valence-corrected chi connectivity index (χ3v) is 4.84. The molecule has 0 saturated heterocycles. The summed E-state index contributed by atoms with van der Waals surface area (Å²) in [7, 11) is 5.12. The molecule has 0 aliphatic rings. The van der Waals surface area contributed by atoms with Gasteiger partial charge >= 0.3 is 0 Å². The van der Waals surface area contributed by atoms with Crippen molar-refractivity contribution < 1.29 is 13.9 Å². The molecule has 2 aromatic carbocycles. The highest BCUT2D eigenvalue weighted by atomic mass is 19.1. The normalized spacial score (nSPS) is 10.7. The van der Waals surface area contributed by atoms with E-state index in [0.717, 1.165) is 16.7 Å². The first-order valence-corrected chi connectivity index (χ1v) is 9.64. The number of nitrogens with zero attached hydrogens (tertiary/aromatic N) is 4. The maximum absolute atomic E-state index is 13.4. The zero-order valence-electron chi connectivity index (χ0n) is 17.5. The van der Waals surface area contributed by atoms with Gasteiger partial charge in [-0.05, 0) is 35.4 Å². The standard InChI is InChI=1S/C23H22FN5O2/c1-29-9-8-25-22(29)21-20(16-4-6-17(24)7-5-16)14-27-23(28-21)26-13-15-10-18(30-2)12-19(11-15)31-3/h4-12,14H,13H2,1-3H3,(H,26,27,28). The number of hydrogen-bond donors (Lipinski definition) is 1. The number of hydrogen-bond acceptors (Lipinski definition) is 6. The van der Waals surface area contributed by atoms with Crippen LogP contribution in [0.4, 0.5) is 10.3 Å². The van der Waals surface area contributed by atoms with Crippen LogP contribution in [0.5, 0.6) is 11.5 Å². The largest absolute Gasteiger partial charge is 0.497 e. The topological polar surface area (TPSA) is 74.1 Å². The number of anilines is 1. The Morgan fingerprint density at radius 2 is 1.71 bits per heavy atom. The molecule has 0 unspecified atom stereocenters. The van der Waals surface area contributed by atoms with Crippen molar-refractivity contribution >= 4 is 5.95 Å². The van der Waals surface area contributed by atoms with E-state index in [1.807, 2.05) is 36.0 Å². The fourth-order valence-corrected chi connectivity index (χ4v) is 3.22. The van der Waals surface area contributed by atoms with Gasteiger partial charge in [0.2, 0.25) is 5.95 Å². The summed E-state index contributed by atoms with van der Waals surface area (Å²) in [5.74, 6) is 2.25. The van der Waals surface area contributed by atoms with Crippen LogP contribution < -0.4 is 14.8 Å². The lowest BCUT2D eigenvalue weighted by molar-refractivity contribution is 0.393. The van der Waals surface area contributed by atoms with Crippen LogP contribution in [0.3, 0.4) is 0 Å². The maximum atomic E-state index is 13.4. The number of imidazole rings is 1. The molecular formula is C23H22FN5O2. The Morgan fingerprint density at radius 1 is 1.00 bits per heavy atom. The Bertz CT molecular complexity index is 1170. The highest BCUT2D eigenvalue weighted by Gasteiger charge is 2.15. The minimum Gasteiger partial charge on any atom is -0.497 e. The van der Waals surface area contributed by atoms with E-state index in [1.165, 1.54) is 12.1 Å². The summed E-state index contributed by atoms with van der Waals surface area (Å²) in [6.07, 6.45) is 5.28. The Labute approximate surface area is 179 Å². The summed E-state index contributed by atoms with van der Waals surface area (Å²) in [5.41, 5.74) is 3.19. The van der Waals surface area contributed by atoms with Gasteiger partial charge in [-0.1, -0.05) is 12.1 Å². The lowest BCUT2D eigenvalue weighted by atomic mass is 10.1. The van der Waals surface area contributed by atoms with Crippen molar-refractivity contribution in [3.05, 3.63) is 72.4 Å². The van der Waals surface area contributed by atoms with E-state index in [9.17, 15) is 4.39 Å². The third kappa shape index (κ3) is 4.48. The Morgan fingerprint density at radius 3 is 2.32 bits per heavy atom. The van der Waals surface area contributed by atoms with Gasteiger partial charge in [-0.2, -0.15) is 0 Å². The first-order chi connectivity index (χ1) is 15.1. The van der Waals surface area contributed by atoms with Gasteiger partial charge in [-0.3, -0.25) is 0 Å². The minimum absolute atomic E-state index is 0.296. The summed E-state index contributed by atoms with van der Waals surface area (Å²) in [4.78, 5) is 13.6. The number of aryl methyl sites for hydroxylation is 1. The van der Waals surface area contributed by atoms with Gasteiger partial charge in [0.05, 0.1) is 14.2 Å². The van der Waals surface area contributed by atoms with Crippen LogP contribution >= 0.6 is 0 Å². The number of benzene rings is 2. The number of rotatable bonds is 7. The van der Waals surface area contributed by atoms with Crippen LogP contribution in [0, 0.1) is 5.82 Å². The van der Waals surface area contributed by atoms with Crippen LogP contribution in [0.2, 0.25) is 0 Å². The van der Waals surface area contributed by atoms with Crippen LogP contribution in [-0.4, -0.2) is 33.7 Å². The molecule has 0 bridgehead atoms. The van der Waals surface area contributed by atoms with Crippen molar-refractivity contribution in [2.75, 3.05) is 19.5 Å². The molecule has 0 saturated carbocycles. The van der Waals surface area contributed by atoms with Gasteiger partial charge in [0.1, 0.15) is 23.0 Å². The second-order valence-corrected chi connectivity index (χ2v) is 6.90. The first-order valence-electron chi connectivity index (χ1n) is 9.64. The average Bonchev–Trinajstić information content (AvgIpc) is 3.23. The molecule has 0 spiro atoms.